The molecule has 1 unspecified atom stereocenters. The molecule has 12 heteroatoms. The van der Waals surface area contributed by atoms with Crippen LogP contribution in [0.5, 0.6) is 0 Å². The first-order valence-electron chi connectivity index (χ1n) is 15.7. The van der Waals surface area contributed by atoms with Gasteiger partial charge in [-0.3, -0.25) is 24.5 Å². The number of hydrogen-bond donors (Lipinski definition) is 3. The molecule has 0 aliphatic heterocycles. The van der Waals surface area contributed by atoms with E-state index in [9.17, 15) is 29.3 Å². The Hall–Kier alpha value is -5.75. The molecule has 11 nitrogen and oxygen atoms in total. The lowest BCUT2D eigenvalue weighted by Crippen LogP contribution is -2.30. The van der Waals surface area contributed by atoms with Crippen molar-refractivity contribution in [3.8, 4) is 0 Å². The number of nitrogens with zero attached hydrogens (tertiary/aromatic N) is 1. The van der Waals surface area contributed by atoms with Crippen molar-refractivity contribution in [2.24, 2.45) is 0 Å². The highest BCUT2D eigenvalue weighted by Crippen LogP contribution is 2.29. The fourth-order valence-electron chi connectivity index (χ4n) is 4.44. The van der Waals surface area contributed by atoms with Gasteiger partial charge in [-0.15, -0.1) is 11.8 Å². The highest BCUT2D eigenvalue weighted by atomic mass is 32.2. The van der Waals surface area contributed by atoms with Gasteiger partial charge in [0.15, 0.2) is 0 Å². The number of unbranched alkanes of at least 4 members (excludes halogenated alkanes) is 1. The second-order valence-electron chi connectivity index (χ2n) is 10.8. The van der Waals surface area contributed by atoms with Gasteiger partial charge in [-0.25, -0.2) is 4.79 Å². The lowest BCUT2D eigenvalue weighted by atomic mass is 10.1. The minimum absolute atomic E-state index is 0.0770. The molecule has 0 saturated heterocycles. The van der Waals surface area contributed by atoms with E-state index < -0.39 is 28.0 Å². The third-order valence-electron chi connectivity index (χ3n) is 7.10. The summed E-state index contributed by atoms with van der Waals surface area (Å²) in [5.74, 6) is -1.76. The summed E-state index contributed by atoms with van der Waals surface area (Å²) < 4.78 is 5.23. The van der Waals surface area contributed by atoms with Crippen molar-refractivity contribution in [3.63, 3.8) is 0 Å². The van der Waals surface area contributed by atoms with E-state index in [2.05, 4.69) is 16.0 Å². The monoisotopic (exact) mass is 680 g/mol. The maximum atomic E-state index is 13.5. The Balaban J connectivity index is 1.44. The number of amides is 3. The quantitative estimate of drug-likeness (QED) is 0.0292. The number of anilines is 2. The number of thioether (sulfide) groups is 1. The molecule has 4 rings (SSSR count). The van der Waals surface area contributed by atoms with E-state index in [4.69, 9.17) is 4.74 Å². The molecule has 4 aromatic rings. The number of carbonyl (C=O) groups excluding carboxylic acids is 4. The van der Waals surface area contributed by atoms with Gasteiger partial charge in [-0.2, -0.15) is 0 Å². The number of hydrogen-bond acceptors (Lipinski definition) is 8. The number of non-ortho nitro benzene ring substituents is 1. The summed E-state index contributed by atoms with van der Waals surface area (Å²) >= 11 is 1.32. The highest BCUT2D eigenvalue weighted by molar-refractivity contribution is 8.00. The molecule has 0 aliphatic rings. The van der Waals surface area contributed by atoms with Crippen molar-refractivity contribution in [3.05, 3.63) is 136 Å². The molecule has 0 aliphatic carbocycles. The fraction of sp³-hybridized carbons (Fsp3) is 0.189. The molecule has 49 heavy (non-hydrogen) atoms. The van der Waals surface area contributed by atoms with Crippen molar-refractivity contribution in [1.29, 1.82) is 0 Å². The molecule has 0 fully saturated rings. The van der Waals surface area contributed by atoms with E-state index in [-0.39, 0.29) is 17.3 Å². The van der Waals surface area contributed by atoms with Crippen molar-refractivity contribution in [2.75, 3.05) is 17.2 Å². The molecule has 252 valence electrons. The van der Waals surface area contributed by atoms with Gasteiger partial charge in [0.1, 0.15) is 5.70 Å². The number of rotatable bonds is 15. The van der Waals surface area contributed by atoms with Crippen LogP contribution in [0.3, 0.4) is 0 Å². The molecular formula is C37H36N4O7S. The molecule has 0 radical (unpaired) electrons. The largest absolute Gasteiger partial charge is 0.462 e. The van der Waals surface area contributed by atoms with Crippen LogP contribution in [-0.4, -0.2) is 40.5 Å². The number of nitrogens with one attached hydrogen (secondary N) is 3. The minimum atomic E-state index is -0.618. The average molecular weight is 681 g/mol. The molecule has 0 aromatic heterocycles. The predicted molar refractivity (Wildman–Crippen MR) is 190 cm³/mol. The Morgan fingerprint density at radius 2 is 1.55 bits per heavy atom. The lowest BCUT2D eigenvalue weighted by Gasteiger charge is -2.16. The first kappa shape index (κ1) is 36.1. The van der Waals surface area contributed by atoms with Crippen LogP contribution < -0.4 is 16.0 Å². The summed E-state index contributed by atoms with van der Waals surface area (Å²) in [5.41, 5.74) is 1.99. The van der Waals surface area contributed by atoms with Gasteiger partial charge >= 0.3 is 5.97 Å². The van der Waals surface area contributed by atoms with E-state index in [1.54, 1.807) is 72.8 Å². The molecule has 1 atom stereocenters. The number of benzene rings is 4. The van der Waals surface area contributed by atoms with Crippen molar-refractivity contribution >= 4 is 58.6 Å². The normalized spacial score (nSPS) is 11.6. The summed E-state index contributed by atoms with van der Waals surface area (Å²) in [6, 6.07) is 27.4. The van der Waals surface area contributed by atoms with Crippen LogP contribution in [-0.2, 0) is 14.3 Å². The second kappa shape index (κ2) is 18.0. The van der Waals surface area contributed by atoms with Gasteiger partial charge in [-0.05, 0) is 91.2 Å². The molecule has 3 amide bonds. The Morgan fingerprint density at radius 3 is 2.20 bits per heavy atom. The SMILES string of the molecule is CCCCOC(=O)c1ccc(NC(=O)C(CC)Sc2cccc(NC(=O)/C(=C\c3ccc([N+](=O)[O-])cc3)NC(=O)c3ccccc3)c2)cc1. The lowest BCUT2D eigenvalue weighted by molar-refractivity contribution is -0.384. The summed E-state index contributed by atoms with van der Waals surface area (Å²) in [7, 11) is 0. The predicted octanol–water partition coefficient (Wildman–Crippen LogP) is 7.47. The zero-order chi connectivity index (χ0) is 35.2. The molecule has 4 aromatic carbocycles. The number of carbonyl (C=O) groups is 4. The standard InChI is InChI=1S/C37H36N4O7S/c1-3-5-22-48-37(45)27-16-18-28(19-17-27)38-36(44)33(4-2)49-31-13-9-12-29(24-31)39-35(43)32(40-34(42)26-10-7-6-8-11-26)23-25-14-20-30(21-15-25)41(46)47/h6-21,23-24,33H,3-5,22H2,1-2H3,(H,38,44)(H,39,43)(H,40,42)/b32-23+. The summed E-state index contributed by atoms with van der Waals surface area (Å²) in [5, 5.41) is 18.9. The number of nitro groups is 1. The van der Waals surface area contributed by atoms with Crippen LogP contribution in [0.1, 0.15) is 59.4 Å². The molecule has 0 saturated carbocycles. The van der Waals surface area contributed by atoms with Crippen LogP contribution >= 0.6 is 11.8 Å². The molecular weight excluding hydrogens is 644 g/mol. The first-order valence-corrected chi connectivity index (χ1v) is 16.5. The minimum Gasteiger partial charge on any atom is -0.462 e. The maximum absolute atomic E-state index is 13.5. The average Bonchev–Trinajstić information content (AvgIpc) is 3.11. The zero-order valence-corrected chi connectivity index (χ0v) is 27.8. The van der Waals surface area contributed by atoms with Gasteiger partial charge in [0.2, 0.25) is 5.91 Å². The van der Waals surface area contributed by atoms with Crippen LogP contribution in [0.4, 0.5) is 17.1 Å². The summed E-state index contributed by atoms with van der Waals surface area (Å²) in [6.07, 6.45) is 3.66. The Bertz CT molecular complexity index is 1810. The van der Waals surface area contributed by atoms with E-state index in [0.717, 1.165) is 17.7 Å². The smallest absolute Gasteiger partial charge is 0.338 e. The van der Waals surface area contributed by atoms with E-state index in [0.29, 0.717) is 41.1 Å². The number of nitro benzene ring substituents is 1. The summed E-state index contributed by atoms with van der Waals surface area (Å²) in [6.45, 7) is 4.27. The first-order chi connectivity index (χ1) is 23.7. The third-order valence-corrected chi connectivity index (χ3v) is 8.45. The Morgan fingerprint density at radius 1 is 0.837 bits per heavy atom. The highest BCUT2D eigenvalue weighted by Gasteiger charge is 2.20. The maximum Gasteiger partial charge on any atom is 0.338 e. The molecule has 0 bridgehead atoms. The van der Waals surface area contributed by atoms with Crippen molar-refractivity contribution in [1.82, 2.24) is 5.32 Å². The fourth-order valence-corrected chi connectivity index (χ4v) is 5.45. The van der Waals surface area contributed by atoms with Crippen LogP contribution in [0.15, 0.2) is 114 Å². The Labute approximate surface area is 288 Å². The topological polar surface area (TPSA) is 157 Å². The van der Waals surface area contributed by atoms with Gasteiger partial charge < -0.3 is 20.7 Å². The van der Waals surface area contributed by atoms with E-state index in [1.807, 2.05) is 19.9 Å². The van der Waals surface area contributed by atoms with E-state index >= 15 is 0 Å². The zero-order valence-electron chi connectivity index (χ0n) is 27.0. The van der Waals surface area contributed by atoms with Gasteiger partial charge in [-0.1, -0.05) is 44.5 Å². The van der Waals surface area contributed by atoms with E-state index in [1.165, 1.54) is 42.1 Å². The van der Waals surface area contributed by atoms with Crippen molar-refractivity contribution < 1.29 is 28.8 Å². The number of esters is 1. The van der Waals surface area contributed by atoms with Gasteiger partial charge in [0, 0.05) is 34.0 Å². The van der Waals surface area contributed by atoms with Crippen LogP contribution in [0.25, 0.3) is 6.08 Å². The van der Waals surface area contributed by atoms with Crippen LogP contribution in [0.2, 0.25) is 0 Å². The Kier molecular flexibility index (Phi) is 13.2. The molecule has 0 spiro atoms. The van der Waals surface area contributed by atoms with Gasteiger partial charge in [0.25, 0.3) is 17.5 Å². The van der Waals surface area contributed by atoms with Gasteiger partial charge in [0.05, 0.1) is 22.3 Å². The molecule has 0 heterocycles. The van der Waals surface area contributed by atoms with Crippen molar-refractivity contribution in [2.45, 2.75) is 43.3 Å². The second-order valence-corrected chi connectivity index (χ2v) is 12.1. The van der Waals surface area contributed by atoms with Crippen LogP contribution in [0, 0.1) is 10.1 Å². The summed E-state index contributed by atoms with van der Waals surface area (Å²) in [4.78, 5) is 63.1. The number of ether oxygens (including phenoxy) is 1. The molecule has 3 N–H and O–H groups in total. The third kappa shape index (κ3) is 10.9.